The van der Waals surface area contributed by atoms with Crippen molar-refractivity contribution in [1.82, 2.24) is 24.8 Å². The maximum atomic E-state index is 12.2. The van der Waals surface area contributed by atoms with Crippen molar-refractivity contribution in [2.45, 2.75) is 35.8 Å². The summed E-state index contributed by atoms with van der Waals surface area (Å²) in [5.41, 5.74) is 1.93. The maximum Gasteiger partial charge on any atom is 0.323 e. The molecule has 0 aliphatic carbocycles. The molecule has 1 aliphatic rings. The summed E-state index contributed by atoms with van der Waals surface area (Å²) in [4.78, 5) is 30.0. The lowest BCUT2D eigenvalue weighted by atomic mass is 10.0. The first kappa shape index (κ1) is 16.8. The van der Waals surface area contributed by atoms with E-state index in [9.17, 15) is 4.79 Å². The molecule has 0 aromatic carbocycles. The highest BCUT2D eigenvalue weighted by Crippen LogP contribution is 2.28. The predicted molar refractivity (Wildman–Crippen MR) is 92.2 cm³/mol. The zero-order valence-corrected chi connectivity index (χ0v) is 14.9. The van der Waals surface area contributed by atoms with E-state index in [0.29, 0.717) is 29.8 Å². The topological polar surface area (TPSA) is 97.1 Å². The molecule has 1 aliphatic heterocycles. The average Bonchev–Trinajstić information content (AvgIpc) is 3.30. The van der Waals surface area contributed by atoms with Crippen LogP contribution in [0.15, 0.2) is 51.6 Å². The first-order valence-corrected chi connectivity index (χ1v) is 8.91. The molecule has 1 atom stereocenters. The zero-order valence-electron chi connectivity index (χ0n) is 14.1. The molecule has 0 saturated heterocycles. The van der Waals surface area contributed by atoms with E-state index in [4.69, 9.17) is 9.15 Å². The van der Waals surface area contributed by atoms with E-state index in [-0.39, 0.29) is 12.0 Å². The van der Waals surface area contributed by atoms with Crippen LogP contribution in [0, 0.1) is 0 Å². The maximum absolute atomic E-state index is 12.2. The van der Waals surface area contributed by atoms with E-state index >= 15 is 0 Å². The highest BCUT2D eigenvalue weighted by Gasteiger charge is 2.34. The largest absolute Gasteiger partial charge is 0.468 e. The van der Waals surface area contributed by atoms with Gasteiger partial charge in [0, 0.05) is 25.4 Å². The minimum absolute atomic E-state index is 0.266. The highest BCUT2D eigenvalue weighted by atomic mass is 32.2. The second-order valence-corrected chi connectivity index (χ2v) is 6.80. The number of esters is 1. The van der Waals surface area contributed by atoms with E-state index in [2.05, 4.69) is 19.9 Å². The quantitative estimate of drug-likeness (QED) is 0.538. The standard InChI is InChI=1S/C17H17N5O3S/c1-24-16(23)14-7-12-13(21-10-20-12)9-22(14)8-11-3-4-15(25-11)26-17-18-5-2-6-19-17/h2-6,10,14H,7-9H2,1H3,(H,20,21)/t14-/m0/s1. The van der Waals surface area contributed by atoms with E-state index < -0.39 is 0 Å². The minimum Gasteiger partial charge on any atom is -0.468 e. The number of furan rings is 1. The number of H-pyrrole nitrogens is 1. The van der Waals surface area contributed by atoms with Crippen molar-refractivity contribution >= 4 is 17.7 Å². The van der Waals surface area contributed by atoms with Gasteiger partial charge in [0.15, 0.2) is 10.2 Å². The van der Waals surface area contributed by atoms with Crippen LogP contribution in [0.1, 0.15) is 17.1 Å². The van der Waals surface area contributed by atoms with Gasteiger partial charge in [-0.15, -0.1) is 0 Å². The Kier molecular flexibility index (Phi) is 4.72. The fraction of sp³-hybridized carbons (Fsp3) is 0.294. The SMILES string of the molecule is COC(=O)[C@@H]1Cc2nc[nH]c2CN1Cc1ccc(Sc2ncccn2)o1. The van der Waals surface area contributed by atoms with E-state index in [1.165, 1.54) is 18.9 Å². The van der Waals surface area contributed by atoms with Gasteiger partial charge in [-0.05, 0) is 30.0 Å². The molecule has 3 aromatic rings. The van der Waals surface area contributed by atoms with Crippen molar-refractivity contribution in [2.75, 3.05) is 7.11 Å². The Morgan fingerprint density at radius 1 is 1.38 bits per heavy atom. The number of nitrogens with one attached hydrogen (secondary N) is 1. The smallest absolute Gasteiger partial charge is 0.323 e. The number of aromatic amines is 1. The number of carbonyl (C=O) groups is 1. The molecule has 9 heteroatoms. The summed E-state index contributed by atoms with van der Waals surface area (Å²) < 4.78 is 10.8. The first-order valence-electron chi connectivity index (χ1n) is 8.09. The Balaban J connectivity index is 1.49. The number of imidazole rings is 1. The van der Waals surface area contributed by atoms with Crippen LogP contribution in [-0.4, -0.2) is 44.0 Å². The molecule has 0 unspecified atom stereocenters. The van der Waals surface area contributed by atoms with E-state index in [0.717, 1.165) is 17.1 Å². The van der Waals surface area contributed by atoms with Gasteiger partial charge in [-0.25, -0.2) is 15.0 Å². The number of nitrogens with zero attached hydrogens (tertiary/aromatic N) is 4. The number of ether oxygens (including phenoxy) is 1. The van der Waals surface area contributed by atoms with Crippen molar-refractivity contribution in [2.24, 2.45) is 0 Å². The second-order valence-electron chi connectivity index (χ2n) is 5.83. The summed E-state index contributed by atoms with van der Waals surface area (Å²) in [5, 5.41) is 1.33. The molecule has 134 valence electrons. The van der Waals surface area contributed by atoms with Crippen LogP contribution in [0.4, 0.5) is 0 Å². The summed E-state index contributed by atoms with van der Waals surface area (Å²) in [5.74, 6) is 0.498. The Morgan fingerprint density at radius 2 is 2.23 bits per heavy atom. The summed E-state index contributed by atoms with van der Waals surface area (Å²) in [7, 11) is 1.40. The fourth-order valence-corrected chi connectivity index (χ4v) is 3.64. The summed E-state index contributed by atoms with van der Waals surface area (Å²) in [6.07, 6.45) is 5.56. The minimum atomic E-state index is -0.380. The third-order valence-corrected chi connectivity index (χ3v) is 5.01. The lowest BCUT2D eigenvalue weighted by Crippen LogP contribution is -2.45. The summed E-state index contributed by atoms with van der Waals surface area (Å²) in [6, 6.07) is 5.18. The van der Waals surface area contributed by atoms with Gasteiger partial charge < -0.3 is 14.1 Å². The third-order valence-electron chi connectivity index (χ3n) is 4.20. The van der Waals surface area contributed by atoms with Crippen molar-refractivity contribution in [3.8, 4) is 0 Å². The van der Waals surface area contributed by atoms with Gasteiger partial charge in [0.1, 0.15) is 11.8 Å². The Hall–Kier alpha value is -2.65. The zero-order chi connectivity index (χ0) is 17.9. The molecule has 0 radical (unpaired) electrons. The summed E-state index contributed by atoms with van der Waals surface area (Å²) >= 11 is 1.36. The number of carbonyl (C=O) groups excluding carboxylic acids is 1. The number of hydrogen-bond acceptors (Lipinski definition) is 8. The molecule has 0 amide bonds. The van der Waals surface area contributed by atoms with Crippen LogP contribution >= 0.6 is 11.8 Å². The van der Waals surface area contributed by atoms with Gasteiger partial charge in [0.2, 0.25) is 0 Å². The van der Waals surface area contributed by atoms with Crippen LogP contribution in [0.3, 0.4) is 0 Å². The van der Waals surface area contributed by atoms with Gasteiger partial charge in [0.25, 0.3) is 0 Å². The molecule has 0 bridgehead atoms. The molecule has 0 spiro atoms. The monoisotopic (exact) mass is 371 g/mol. The van der Waals surface area contributed by atoms with E-state index in [1.807, 2.05) is 17.0 Å². The molecule has 26 heavy (non-hydrogen) atoms. The van der Waals surface area contributed by atoms with Crippen LogP contribution in [0.25, 0.3) is 0 Å². The molecular formula is C17H17N5O3S. The fourth-order valence-electron chi connectivity index (χ4n) is 2.95. The van der Waals surface area contributed by atoms with Gasteiger partial charge >= 0.3 is 5.97 Å². The van der Waals surface area contributed by atoms with Gasteiger partial charge in [-0.3, -0.25) is 9.69 Å². The van der Waals surface area contributed by atoms with Gasteiger partial charge in [-0.2, -0.15) is 0 Å². The Bertz CT molecular complexity index is 895. The van der Waals surface area contributed by atoms with Gasteiger partial charge in [0.05, 0.1) is 31.4 Å². The molecule has 0 fully saturated rings. The van der Waals surface area contributed by atoms with Crippen molar-refractivity contribution < 1.29 is 13.9 Å². The number of fused-ring (bicyclic) bond motifs is 1. The molecule has 4 rings (SSSR count). The average molecular weight is 371 g/mol. The lowest BCUT2D eigenvalue weighted by Gasteiger charge is -2.32. The lowest BCUT2D eigenvalue weighted by molar-refractivity contribution is -0.148. The van der Waals surface area contributed by atoms with Crippen molar-refractivity contribution in [3.63, 3.8) is 0 Å². The molecule has 1 N–H and O–H groups in total. The predicted octanol–water partition coefficient (Wildman–Crippen LogP) is 2.04. The normalized spacial score (nSPS) is 17.0. The summed E-state index contributed by atoms with van der Waals surface area (Å²) in [6.45, 7) is 1.08. The number of methoxy groups -OCH3 is 1. The van der Waals surface area contributed by atoms with Crippen molar-refractivity contribution in [3.05, 3.63) is 54.1 Å². The van der Waals surface area contributed by atoms with Crippen LogP contribution in [0.5, 0.6) is 0 Å². The molecule has 4 heterocycles. The van der Waals surface area contributed by atoms with Crippen molar-refractivity contribution in [1.29, 1.82) is 0 Å². The highest BCUT2D eigenvalue weighted by molar-refractivity contribution is 7.99. The Labute approximate surface area is 154 Å². The molecule has 3 aromatic heterocycles. The first-order chi connectivity index (χ1) is 12.7. The molecule has 0 saturated carbocycles. The molecular weight excluding hydrogens is 354 g/mol. The number of rotatable bonds is 5. The Morgan fingerprint density at radius 3 is 3.04 bits per heavy atom. The second kappa shape index (κ2) is 7.30. The van der Waals surface area contributed by atoms with Gasteiger partial charge in [-0.1, -0.05) is 0 Å². The number of aromatic nitrogens is 4. The van der Waals surface area contributed by atoms with Crippen LogP contribution in [-0.2, 0) is 29.0 Å². The van der Waals surface area contributed by atoms with Crippen LogP contribution in [0.2, 0.25) is 0 Å². The number of hydrogen-bond donors (Lipinski definition) is 1. The molecule has 8 nitrogen and oxygen atoms in total. The van der Waals surface area contributed by atoms with E-state index in [1.54, 1.807) is 24.8 Å². The van der Waals surface area contributed by atoms with Crippen LogP contribution < -0.4 is 0 Å². The third kappa shape index (κ3) is 3.49.